The lowest BCUT2D eigenvalue weighted by atomic mass is 9.99. The number of benzene rings is 1. The Balaban J connectivity index is 1.93. The van der Waals surface area contributed by atoms with Crippen LogP contribution in [0.25, 0.3) is 0 Å². The molecular weight excluding hydrogens is 208 g/mol. The molecule has 2 rings (SSSR count). The fourth-order valence-electron chi connectivity index (χ4n) is 2.33. The SMILES string of the molecule is CCCNc1ccc(N2CCC(C)CC2)cc1. The first-order valence-electron chi connectivity index (χ1n) is 6.88. The molecule has 2 nitrogen and oxygen atoms in total. The first-order valence-corrected chi connectivity index (χ1v) is 6.88. The van der Waals surface area contributed by atoms with E-state index in [2.05, 4.69) is 48.3 Å². The molecule has 0 unspecified atom stereocenters. The molecule has 1 aromatic carbocycles. The van der Waals surface area contributed by atoms with E-state index in [-0.39, 0.29) is 0 Å². The monoisotopic (exact) mass is 232 g/mol. The second-order valence-electron chi connectivity index (χ2n) is 5.14. The second-order valence-corrected chi connectivity index (χ2v) is 5.14. The summed E-state index contributed by atoms with van der Waals surface area (Å²) >= 11 is 0. The van der Waals surface area contributed by atoms with Gasteiger partial charge in [-0.25, -0.2) is 0 Å². The number of anilines is 2. The normalized spacial score (nSPS) is 17.2. The number of piperidine rings is 1. The Morgan fingerprint density at radius 1 is 1.18 bits per heavy atom. The maximum absolute atomic E-state index is 3.41. The van der Waals surface area contributed by atoms with Gasteiger partial charge < -0.3 is 10.2 Å². The molecule has 1 N–H and O–H groups in total. The van der Waals surface area contributed by atoms with Crippen LogP contribution in [0.4, 0.5) is 11.4 Å². The van der Waals surface area contributed by atoms with Crippen LogP contribution >= 0.6 is 0 Å². The highest BCUT2D eigenvalue weighted by molar-refractivity contribution is 5.55. The van der Waals surface area contributed by atoms with Crippen molar-refractivity contribution in [1.82, 2.24) is 0 Å². The fourth-order valence-corrected chi connectivity index (χ4v) is 2.33. The molecule has 0 radical (unpaired) electrons. The molecule has 2 heteroatoms. The van der Waals surface area contributed by atoms with E-state index in [0.29, 0.717) is 0 Å². The van der Waals surface area contributed by atoms with Gasteiger partial charge in [0, 0.05) is 31.0 Å². The van der Waals surface area contributed by atoms with Crippen molar-refractivity contribution in [3.8, 4) is 0 Å². The smallest absolute Gasteiger partial charge is 0.0367 e. The van der Waals surface area contributed by atoms with Gasteiger partial charge in [0.1, 0.15) is 0 Å². The molecule has 1 aliphatic rings. The largest absolute Gasteiger partial charge is 0.385 e. The van der Waals surface area contributed by atoms with Crippen LogP contribution in [0.5, 0.6) is 0 Å². The molecule has 94 valence electrons. The summed E-state index contributed by atoms with van der Waals surface area (Å²) in [7, 11) is 0. The summed E-state index contributed by atoms with van der Waals surface area (Å²) in [5, 5.41) is 3.41. The molecule has 1 aromatic rings. The third-order valence-electron chi connectivity index (χ3n) is 3.60. The Morgan fingerprint density at radius 3 is 2.41 bits per heavy atom. The van der Waals surface area contributed by atoms with Gasteiger partial charge in [-0.15, -0.1) is 0 Å². The van der Waals surface area contributed by atoms with Crippen molar-refractivity contribution in [2.24, 2.45) is 5.92 Å². The summed E-state index contributed by atoms with van der Waals surface area (Å²) in [6.45, 7) is 8.03. The summed E-state index contributed by atoms with van der Waals surface area (Å²) in [5.74, 6) is 0.900. The Bertz CT molecular complexity index is 323. The molecule has 17 heavy (non-hydrogen) atoms. The number of hydrogen-bond donors (Lipinski definition) is 1. The van der Waals surface area contributed by atoms with Crippen molar-refractivity contribution in [2.75, 3.05) is 29.9 Å². The van der Waals surface area contributed by atoms with E-state index in [9.17, 15) is 0 Å². The van der Waals surface area contributed by atoms with Crippen molar-refractivity contribution >= 4 is 11.4 Å². The van der Waals surface area contributed by atoms with E-state index in [1.54, 1.807) is 0 Å². The Hall–Kier alpha value is -1.18. The number of nitrogens with one attached hydrogen (secondary N) is 1. The number of hydrogen-bond acceptors (Lipinski definition) is 2. The van der Waals surface area contributed by atoms with Crippen LogP contribution < -0.4 is 10.2 Å². The molecule has 0 amide bonds. The Labute approximate surface area is 105 Å². The average Bonchev–Trinajstić information content (AvgIpc) is 2.38. The Kier molecular flexibility index (Phi) is 4.29. The van der Waals surface area contributed by atoms with Crippen LogP contribution in [0.3, 0.4) is 0 Å². The number of nitrogens with zero attached hydrogens (tertiary/aromatic N) is 1. The topological polar surface area (TPSA) is 15.3 Å². The highest BCUT2D eigenvalue weighted by atomic mass is 15.1. The van der Waals surface area contributed by atoms with E-state index in [4.69, 9.17) is 0 Å². The lowest BCUT2D eigenvalue weighted by Crippen LogP contribution is -2.32. The lowest BCUT2D eigenvalue weighted by Gasteiger charge is -2.32. The van der Waals surface area contributed by atoms with Crippen molar-refractivity contribution < 1.29 is 0 Å². The van der Waals surface area contributed by atoms with Crippen molar-refractivity contribution in [3.05, 3.63) is 24.3 Å². The summed E-state index contributed by atoms with van der Waals surface area (Å²) < 4.78 is 0. The van der Waals surface area contributed by atoms with Gasteiger partial charge in [-0.3, -0.25) is 0 Å². The van der Waals surface area contributed by atoms with Gasteiger partial charge in [-0.2, -0.15) is 0 Å². The summed E-state index contributed by atoms with van der Waals surface area (Å²) in [6, 6.07) is 8.88. The average molecular weight is 232 g/mol. The summed E-state index contributed by atoms with van der Waals surface area (Å²) in [5.41, 5.74) is 2.61. The van der Waals surface area contributed by atoms with Crippen molar-refractivity contribution in [2.45, 2.75) is 33.1 Å². The van der Waals surface area contributed by atoms with Crippen LogP contribution in [0.2, 0.25) is 0 Å². The maximum Gasteiger partial charge on any atom is 0.0367 e. The van der Waals surface area contributed by atoms with Crippen LogP contribution in [0.1, 0.15) is 33.1 Å². The third-order valence-corrected chi connectivity index (χ3v) is 3.60. The van der Waals surface area contributed by atoms with Gasteiger partial charge in [0.2, 0.25) is 0 Å². The Morgan fingerprint density at radius 2 is 1.82 bits per heavy atom. The van der Waals surface area contributed by atoms with Crippen LogP contribution in [0.15, 0.2) is 24.3 Å². The molecule has 1 aliphatic heterocycles. The fraction of sp³-hybridized carbons (Fsp3) is 0.600. The molecule has 0 bridgehead atoms. The highest BCUT2D eigenvalue weighted by Crippen LogP contribution is 2.24. The van der Waals surface area contributed by atoms with Crippen LogP contribution in [-0.4, -0.2) is 19.6 Å². The van der Waals surface area contributed by atoms with Crippen LogP contribution in [-0.2, 0) is 0 Å². The molecule has 0 aromatic heterocycles. The van der Waals surface area contributed by atoms with E-state index >= 15 is 0 Å². The molecule has 0 spiro atoms. The molecule has 0 aliphatic carbocycles. The zero-order valence-corrected chi connectivity index (χ0v) is 11.1. The number of rotatable bonds is 4. The van der Waals surface area contributed by atoms with Crippen molar-refractivity contribution in [3.63, 3.8) is 0 Å². The standard InChI is InChI=1S/C15H24N2/c1-3-10-16-14-4-6-15(7-5-14)17-11-8-13(2)9-12-17/h4-7,13,16H,3,8-12H2,1-2H3. The van der Waals surface area contributed by atoms with Crippen LogP contribution in [0, 0.1) is 5.92 Å². The predicted octanol–water partition coefficient (Wildman–Crippen LogP) is 3.74. The van der Waals surface area contributed by atoms with E-state index in [0.717, 1.165) is 12.5 Å². The minimum atomic E-state index is 0.900. The molecular formula is C15H24N2. The molecule has 1 fully saturated rings. The molecule has 0 atom stereocenters. The third kappa shape index (κ3) is 3.39. The second kappa shape index (κ2) is 5.95. The predicted molar refractivity (Wildman–Crippen MR) is 75.8 cm³/mol. The van der Waals surface area contributed by atoms with E-state index in [1.807, 2.05) is 0 Å². The summed E-state index contributed by atoms with van der Waals surface area (Å²) in [4.78, 5) is 2.50. The maximum atomic E-state index is 3.41. The molecule has 1 saturated heterocycles. The van der Waals surface area contributed by atoms with E-state index in [1.165, 1.54) is 43.7 Å². The zero-order valence-electron chi connectivity index (χ0n) is 11.1. The van der Waals surface area contributed by atoms with Gasteiger partial charge >= 0.3 is 0 Å². The first kappa shape index (κ1) is 12.3. The van der Waals surface area contributed by atoms with Gasteiger partial charge in [0.05, 0.1) is 0 Å². The molecule has 0 saturated carbocycles. The minimum absolute atomic E-state index is 0.900. The minimum Gasteiger partial charge on any atom is -0.385 e. The highest BCUT2D eigenvalue weighted by Gasteiger charge is 2.15. The first-order chi connectivity index (χ1) is 8.29. The quantitative estimate of drug-likeness (QED) is 0.850. The summed E-state index contributed by atoms with van der Waals surface area (Å²) in [6.07, 6.45) is 3.83. The van der Waals surface area contributed by atoms with Gasteiger partial charge in [0.25, 0.3) is 0 Å². The van der Waals surface area contributed by atoms with Gasteiger partial charge in [-0.05, 0) is 49.4 Å². The molecule has 1 heterocycles. The van der Waals surface area contributed by atoms with Gasteiger partial charge in [-0.1, -0.05) is 13.8 Å². The van der Waals surface area contributed by atoms with E-state index < -0.39 is 0 Å². The lowest BCUT2D eigenvalue weighted by molar-refractivity contribution is 0.438. The zero-order chi connectivity index (χ0) is 12.1. The van der Waals surface area contributed by atoms with Crippen molar-refractivity contribution in [1.29, 1.82) is 0 Å². The van der Waals surface area contributed by atoms with Gasteiger partial charge in [0.15, 0.2) is 0 Å².